The first kappa shape index (κ1) is 16.2. The molecule has 2 N–H and O–H groups in total. The van der Waals surface area contributed by atoms with Gasteiger partial charge >= 0.3 is 0 Å². The van der Waals surface area contributed by atoms with Crippen LogP contribution in [-0.4, -0.2) is 48.9 Å². The van der Waals surface area contributed by atoms with Gasteiger partial charge in [0.1, 0.15) is 6.04 Å². The van der Waals surface area contributed by atoms with Crippen LogP contribution in [0.3, 0.4) is 0 Å². The highest BCUT2D eigenvalue weighted by molar-refractivity contribution is 5.95. The number of nitrogens with zero attached hydrogens (tertiary/aromatic N) is 1. The van der Waals surface area contributed by atoms with Crippen LogP contribution < -0.4 is 10.6 Å². The van der Waals surface area contributed by atoms with Gasteiger partial charge in [-0.25, -0.2) is 0 Å². The second-order valence-corrected chi connectivity index (χ2v) is 4.49. The molecule has 0 aliphatic heterocycles. The highest BCUT2D eigenvalue weighted by Gasteiger charge is 2.17. The van der Waals surface area contributed by atoms with Crippen molar-refractivity contribution in [1.29, 1.82) is 0 Å². The van der Waals surface area contributed by atoms with E-state index in [1.54, 1.807) is 19.1 Å². The molecule has 20 heavy (non-hydrogen) atoms. The maximum Gasteiger partial charge on any atom is 0.287 e. The summed E-state index contributed by atoms with van der Waals surface area (Å²) in [6.45, 7) is 9.09. The summed E-state index contributed by atoms with van der Waals surface area (Å²) in [6.07, 6.45) is 1.42. The maximum atomic E-state index is 11.8. The number of rotatable bonds is 8. The molecule has 0 radical (unpaired) electrons. The lowest BCUT2D eigenvalue weighted by atomic mass is 10.3. The van der Waals surface area contributed by atoms with E-state index >= 15 is 0 Å². The predicted octanol–water partition coefficient (Wildman–Crippen LogP) is 0.856. The first-order valence-electron chi connectivity index (χ1n) is 6.92. The van der Waals surface area contributed by atoms with E-state index in [4.69, 9.17) is 4.42 Å². The van der Waals surface area contributed by atoms with Crippen LogP contribution in [0.1, 0.15) is 31.3 Å². The lowest BCUT2D eigenvalue weighted by Gasteiger charge is -2.19. The first-order valence-corrected chi connectivity index (χ1v) is 6.92. The molecule has 1 atom stereocenters. The molecule has 1 aromatic rings. The summed E-state index contributed by atoms with van der Waals surface area (Å²) in [5.74, 6) is -0.383. The maximum absolute atomic E-state index is 11.8. The fourth-order valence-electron chi connectivity index (χ4n) is 1.77. The van der Waals surface area contributed by atoms with Gasteiger partial charge in [-0.3, -0.25) is 9.59 Å². The summed E-state index contributed by atoms with van der Waals surface area (Å²) in [7, 11) is 0. The van der Waals surface area contributed by atoms with Gasteiger partial charge < -0.3 is 20.0 Å². The summed E-state index contributed by atoms with van der Waals surface area (Å²) in [5.41, 5.74) is 0. The Labute approximate surface area is 119 Å². The van der Waals surface area contributed by atoms with Crippen molar-refractivity contribution in [2.75, 3.05) is 26.2 Å². The minimum Gasteiger partial charge on any atom is -0.459 e. The number of nitrogens with one attached hydrogen (secondary N) is 2. The molecule has 0 aliphatic rings. The van der Waals surface area contributed by atoms with Gasteiger partial charge in [-0.1, -0.05) is 13.8 Å². The van der Waals surface area contributed by atoms with Gasteiger partial charge in [0.25, 0.3) is 5.91 Å². The van der Waals surface area contributed by atoms with E-state index < -0.39 is 6.04 Å². The summed E-state index contributed by atoms with van der Waals surface area (Å²) in [5, 5.41) is 5.40. The predicted molar refractivity (Wildman–Crippen MR) is 76.4 cm³/mol. The molecule has 1 aromatic heterocycles. The average Bonchev–Trinajstić information content (AvgIpc) is 2.97. The smallest absolute Gasteiger partial charge is 0.287 e. The topological polar surface area (TPSA) is 74.6 Å². The van der Waals surface area contributed by atoms with E-state index in [1.807, 2.05) is 0 Å². The average molecular weight is 281 g/mol. The molecule has 0 saturated heterocycles. The molecule has 1 unspecified atom stereocenters. The third kappa shape index (κ3) is 5.05. The van der Waals surface area contributed by atoms with Crippen molar-refractivity contribution in [2.24, 2.45) is 0 Å². The molecule has 0 bridgehead atoms. The lowest BCUT2D eigenvalue weighted by Crippen LogP contribution is -2.46. The minimum atomic E-state index is -0.593. The summed E-state index contributed by atoms with van der Waals surface area (Å²) in [6, 6.07) is 2.59. The molecular formula is C14H23N3O3. The number of hydrogen-bond donors (Lipinski definition) is 2. The Balaban J connectivity index is 2.30. The zero-order chi connectivity index (χ0) is 15.0. The monoisotopic (exact) mass is 281 g/mol. The molecule has 0 saturated carbocycles. The molecule has 1 heterocycles. The lowest BCUT2D eigenvalue weighted by molar-refractivity contribution is -0.122. The number of amides is 2. The molecule has 0 aromatic carbocycles. The van der Waals surface area contributed by atoms with Crippen molar-refractivity contribution in [3.63, 3.8) is 0 Å². The molecule has 0 fully saturated rings. The summed E-state index contributed by atoms with van der Waals surface area (Å²) in [4.78, 5) is 25.7. The fourth-order valence-corrected chi connectivity index (χ4v) is 1.77. The summed E-state index contributed by atoms with van der Waals surface area (Å²) >= 11 is 0. The van der Waals surface area contributed by atoms with E-state index in [9.17, 15) is 9.59 Å². The molecule has 6 nitrogen and oxygen atoms in total. The van der Waals surface area contributed by atoms with Gasteiger partial charge in [-0.05, 0) is 32.1 Å². The highest BCUT2D eigenvalue weighted by Crippen LogP contribution is 1.99. The number of furan rings is 1. The zero-order valence-electron chi connectivity index (χ0n) is 12.3. The van der Waals surface area contributed by atoms with Crippen LogP contribution in [-0.2, 0) is 4.79 Å². The van der Waals surface area contributed by atoms with Gasteiger partial charge in [-0.2, -0.15) is 0 Å². The quantitative estimate of drug-likeness (QED) is 0.741. The fraction of sp³-hybridized carbons (Fsp3) is 0.571. The van der Waals surface area contributed by atoms with Gasteiger partial charge in [0, 0.05) is 13.1 Å². The van der Waals surface area contributed by atoms with Crippen molar-refractivity contribution in [1.82, 2.24) is 15.5 Å². The Morgan fingerprint density at radius 3 is 2.60 bits per heavy atom. The first-order chi connectivity index (χ1) is 9.58. The summed E-state index contributed by atoms with van der Waals surface area (Å²) < 4.78 is 4.97. The van der Waals surface area contributed by atoms with Crippen molar-refractivity contribution >= 4 is 11.8 Å². The van der Waals surface area contributed by atoms with Gasteiger partial charge in [0.15, 0.2) is 5.76 Å². The third-order valence-corrected chi connectivity index (χ3v) is 3.11. The van der Waals surface area contributed by atoms with E-state index in [1.165, 1.54) is 6.26 Å². The van der Waals surface area contributed by atoms with E-state index in [2.05, 4.69) is 29.4 Å². The van der Waals surface area contributed by atoms with Crippen molar-refractivity contribution < 1.29 is 14.0 Å². The van der Waals surface area contributed by atoms with Crippen LogP contribution in [0.15, 0.2) is 22.8 Å². The second kappa shape index (κ2) is 8.37. The SMILES string of the molecule is CCN(CC)CCNC(=O)C(C)NC(=O)c1ccco1. The van der Waals surface area contributed by atoms with Crippen LogP contribution >= 0.6 is 0 Å². The number of likely N-dealkylation sites (N-methyl/N-ethyl adjacent to an activating group) is 1. The van der Waals surface area contributed by atoms with Gasteiger partial charge in [-0.15, -0.1) is 0 Å². The van der Waals surface area contributed by atoms with Crippen molar-refractivity contribution in [3.8, 4) is 0 Å². The van der Waals surface area contributed by atoms with Crippen LogP contribution in [0.25, 0.3) is 0 Å². The normalized spacial score (nSPS) is 12.2. The Hall–Kier alpha value is -1.82. The molecular weight excluding hydrogens is 258 g/mol. The number of hydrogen-bond acceptors (Lipinski definition) is 4. The largest absolute Gasteiger partial charge is 0.459 e. The van der Waals surface area contributed by atoms with E-state index in [0.29, 0.717) is 6.54 Å². The highest BCUT2D eigenvalue weighted by atomic mass is 16.3. The molecule has 112 valence electrons. The van der Waals surface area contributed by atoms with Gasteiger partial charge in [0.05, 0.1) is 6.26 Å². The minimum absolute atomic E-state index is 0.197. The Bertz CT molecular complexity index is 413. The van der Waals surface area contributed by atoms with Crippen molar-refractivity contribution in [2.45, 2.75) is 26.8 Å². The van der Waals surface area contributed by atoms with Crippen LogP contribution in [0.2, 0.25) is 0 Å². The molecule has 6 heteroatoms. The van der Waals surface area contributed by atoms with Crippen LogP contribution in [0.4, 0.5) is 0 Å². The third-order valence-electron chi connectivity index (χ3n) is 3.11. The number of carbonyl (C=O) groups excluding carboxylic acids is 2. The Kier molecular flexibility index (Phi) is 6.79. The number of carbonyl (C=O) groups is 2. The van der Waals surface area contributed by atoms with E-state index in [-0.39, 0.29) is 17.6 Å². The Morgan fingerprint density at radius 1 is 1.35 bits per heavy atom. The van der Waals surface area contributed by atoms with Crippen LogP contribution in [0.5, 0.6) is 0 Å². The standard InChI is InChI=1S/C14H23N3O3/c1-4-17(5-2)9-8-15-13(18)11(3)16-14(19)12-7-6-10-20-12/h6-7,10-11H,4-5,8-9H2,1-3H3,(H,15,18)(H,16,19). The van der Waals surface area contributed by atoms with Crippen LogP contribution in [0, 0.1) is 0 Å². The zero-order valence-corrected chi connectivity index (χ0v) is 12.3. The van der Waals surface area contributed by atoms with E-state index in [0.717, 1.165) is 19.6 Å². The second-order valence-electron chi connectivity index (χ2n) is 4.49. The molecule has 1 rings (SSSR count). The molecule has 0 aliphatic carbocycles. The van der Waals surface area contributed by atoms with Crippen molar-refractivity contribution in [3.05, 3.63) is 24.2 Å². The molecule has 2 amide bonds. The van der Waals surface area contributed by atoms with Gasteiger partial charge in [0.2, 0.25) is 5.91 Å². The Morgan fingerprint density at radius 2 is 2.05 bits per heavy atom. The molecule has 0 spiro atoms.